The Balaban J connectivity index is 1.82. The van der Waals surface area contributed by atoms with Gasteiger partial charge in [-0.3, -0.25) is 14.4 Å². The van der Waals surface area contributed by atoms with Crippen LogP contribution in [0.4, 0.5) is 0 Å². The van der Waals surface area contributed by atoms with Gasteiger partial charge in [-0.1, -0.05) is 76.6 Å². The number of hydrogen-bond acceptors (Lipinski definition) is 5. The Morgan fingerprint density at radius 1 is 1.10 bits per heavy atom. The molecule has 1 spiro atoms. The van der Waals surface area contributed by atoms with Crippen LogP contribution in [0.5, 0.6) is 0 Å². The molecule has 3 aliphatic heterocycles. The van der Waals surface area contributed by atoms with Gasteiger partial charge in [0.15, 0.2) is 0 Å². The number of fused-ring (bicyclic) bond motifs is 1. The minimum atomic E-state index is -1.13. The summed E-state index contributed by atoms with van der Waals surface area (Å²) in [6.45, 7) is 17.1. The fraction of sp³-hybridized carbons (Fsp3) is 0.618. The first-order valence-corrected chi connectivity index (χ1v) is 15.6. The summed E-state index contributed by atoms with van der Waals surface area (Å²) in [5.41, 5.74) is -0.983. The number of ether oxygens (including phenoxy) is 1. The zero-order valence-corrected chi connectivity index (χ0v) is 25.8. The van der Waals surface area contributed by atoms with E-state index in [9.17, 15) is 19.5 Å². The maximum absolute atomic E-state index is 14.7. The molecule has 1 N–H and O–H groups in total. The molecule has 0 aromatic heterocycles. The molecule has 1 aromatic rings. The van der Waals surface area contributed by atoms with E-state index in [1.165, 1.54) is 0 Å². The second kappa shape index (κ2) is 13.1. The molecule has 2 unspecified atom stereocenters. The minimum absolute atomic E-state index is 0.102. The number of rotatable bonds is 15. The highest BCUT2D eigenvalue weighted by Gasteiger charge is 2.79. The third-order valence-corrected chi connectivity index (χ3v) is 9.75. The summed E-state index contributed by atoms with van der Waals surface area (Å²) in [7, 11) is 0. The normalized spacial score (nSPS) is 28.6. The number of nitrogens with zero attached hydrogens (tertiary/aromatic N) is 3. The number of carbonyl (C=O) groups excluding carboxylic acids is 3. The van der Waals surface area contributed by atoms with Gasteiger partial charge in [-0.25, -0.2) is 0 Å². The molecule has 0 aliphatic carbocycles. The van der Waals surface area contributed by atoms with Crippen molar-refractivity contribution in [3.63, 3.8) is 0 Å². The fourth-order valence-corrected chi connectivity index (χ4v) is 7.65. The van der Waals surface area contributed by atoms with Crippen LogP contribution in [0.3, 0.4) is 0 Å². The highest BCUT2D eigenvalue weighted by molar-refractivity contribution is 5.99. The SMILES string of the molecule is C=CCN(CCCC)C(=O)C1N([C@@H](CO)C(C)C)C(=O)[C@@H]2[C@H](C(=O)N(CC=C)Cc3ccccc3)[C@]3(CC)CCC12O3. The molecule has 3 heterocycles. The summed E-state index contributed by atoms with van der Waals surface area (Å²) in [4.78, 5) is 48.9. The first-order chi connectivity index (χ1) is 20.2. The largest absolute Gasteiger partial charge is 0.394 e. The number of likely N-dealkylation sites (tertiary alicyclic amines) is 1. The number of hydrogen-bond donors (Lipinski definition) is 1. The van der Waals surface area contributed by atoms with Gasteiger partial charge in [0.1, 0.15) is 11.6 Å². The molecular formula is C34H49N3O5. The molecule has 1 aromatic carbocycles. The molecular weight excluding hydrogens is 530 g/mol. The molecule has 3 fully saturated rings. The van der Waals surface area contributed by atoms with Gasteiger partial charge >= 0.3 is 0 Å². The van der Waals surface area contributed by atoms with Crippen LogP contribution >= 0.6 is 0 Å². The monoisotopic (exact) mass is 579 g/mol. The van der Waals surface area contributed by atoms with Crippen LogP contribution in [-0.2, 0) is 25.7 Å². The number of carbonyl (C=O) groups is 3. The van der Waals surface area contributed by atoms with Crippen molar-refractivity contribution in [3.8, 4) is 0 Å². The van der Waals surface area contributed by atoms with Gasteiger partial charge in [0, 0.05) is 26.2 Å². The molecule has 3 aliphatic rings. The summed E-state index contributed by atoms with van der Waals surface area (Å²) < 4.78 is 6.98. The van der Waals surface area contributed by atoms with Gasteiger partial charge in [0.2, 0.25) is 17.7 Å². The van der Waals surface area contributed by atoms with Crippen molar-refractivity contribution in [1.29, 1.82) is 0 Å². The highest BCUT2D eigenvalue weighted by atomic mass is 16.5. The second-order valence-electron chi connectivity index (χ2n) is 12.5. The zero-order valence-electron chi connectivity index (χ0n) is 25.8. The maximum atomic E-state index is 14.7. The lowest BCUT2D eigenvalue weighted by atomic mass is 9.64. The van der Waals surface area contributed by atoms with Crippen molar-refractivity contribution in [2.24, 2.45) is 17.8 Å². The van der Waals surface area contributed by atoms with Gasteiger partial charge in [0.05, 0.1) is 30.1 Å². The van der Waals surface area contributed by atoms with Crippen LogP contribution in [0.15, 0.2) is 55.6 Å². The van der Waals surface area contributed by atoms with Crippen LogP contribution in [0.2, 0.25) is 0 Å². The van der Waals surface area contributed by atoms with E-state index in [1.807, 2.05) is 51.1 Å². The van der Waals surface area contributed by atoms with Crippen LogP contribution in [-0.4, -0.2) is 87.1 Å². The van der Waals surface area contributed by atoms with Crippen molar-refractivity contribution in [2.45, 2.75) is 89.6 Å². The second-order valence-corrected chi connectivity index (χ2v) is 12.5. The van der Waals surface area contributed by atoms with Crippen LogP contribution in [0, 0.1) is 17.8 Å². The fourth-order valence-electron chi connectivity index (χ4n) is 7.65. The molecule has 230 valence electrons. The Kier molecular flexibility index (Phi) is 9.99. The smallest absolute Gasteiger partial charge is 0.248 e. The van der Waals surface area contributed by atoms with Gasteiger partial charge in [-0.15, -0.1) is 13.2 Å². The van der Waals surface area contributed by atoms with Gasteiger partial charge in [-0.2, -0.15) is 0 Å². The number of amides is 3. The molecule has 4 rings (SSSR count). The Bertz CT molecular complexity index is 1160. The lowest BCUT2D eigenvalue weighted by molar-refractivity contribution is -0.159. The van der Waals surface area contributed by atoms with Crippen LogP contribution < -0.4 is 0 Å². The van der Waals surface area contributed by atoms with Crippen LogP contribution in [0.1, 0.15) is 65.4 Å². The molecule has 2 bridgehead atoms. The first kappa shape index (κ1) is 32.0. The molecule has 6 atom stereocenters. The Morgan fingerprint density at radius 3 is 2.33 bits per heavy atom. The Labute approximate surface area is 251 Å². The van der Waals surface area contributed by atoms with Crippen molar-refractivity contribution in [1.82, 2.24) is 14.7 Å². The van der Waals surface area contributed by atoms with E-state index < -0.39 is 35.1 Å². The van der Waals surface area contributed by atoms with Crippen molar-refractivity contribution in [2.75, 3.05) is 26.2 Å². The van der Waals surface area contributed by atoms with Gasteiger partial charge in [0.25, 0.3) is 0 Å². The van der Waals surface area contributed by atoms with Crippen molar-refractivity contribution < 1.29 is 24.2 Å². The van der Waals surface area contributed by atoms with E-state index in [4.69, 9.17) is 4.74 Å². The third-order valence-electron chi connectivity index (χ3n) is 9.75. The molecule has 0 saturated carbocycles. The minimum Gasteiger partial charge on any atom is -0.394 e. The summed E-state index contributed by atoms with van der Waals surface area (Å²) in [6.07, 6.45) is 6.82. The predicted molar refractivity (Wildman–Crippen MR) is 163 cm³/mol. The van der Waals surface area contributed by atoms with E-state index in [2.05, 4.69) is 20.1 Å². The number of benzene rings is 1. The molecule has 8 heteroatoms. The molecule has 3 saturated heterocycles. The quantitative estimate of drug-likeness (QED) is 0.315. The van der Waals surface area contributed by atoms with Crippen LogP contribution in [0.25, 0.3) is 0 Å². The van der Waals surface area contributed by atoms with E-state index in [0.717, 1.165) is 18.4 Å². The maximum Gasteiger partial charge on any atom is 0.248 e. The van der Waals surface area contributed by atoms with E-state index in [-0.39, 0.29) is 30.2 Å². The van der Waals surface area contributed by atoms with Crippen molar-refractivity contribution >= 4 is 17.7 Å². The molecule has 0 radical (unpaired) electrons. The van der Waals surface area contributed by atoms with E-state index in [1.54, 1.807) is 26.9 Å². The molecule has 8 nitrogen and oxygen atoms in total. The summed E-state index contributed by atoms with van der Waals surface area (Å²) in [5, 5.41) is 10.5. The summed E-state index contributed by atoms with van der Waals surface area (Å²) in [6, 6.07) is 8.29. The third kappa shape index (κ3) is 5.32. The average molecular weight is 580 g/mol. The number of aliphatic hydroxyl groups excluding tert-OH is 1. The lowest BCUT2D eigenvalue weighted by Gasteiger charge is -2.40. The summed E-state index contributed by atoms with van der Waals surface area (Å²) >= 11 is 0. The average Bonchev–Trinajstić information content (AvgIpc) is 3.59. The Morgan fingerprint density at radius 2 is 1.76 bits per heavy atom. The molecule has 42 heavy (non-hydrogen) atoms. The highest BCUT2D eigenvalue weighted by Crippen LogP contribution is 2.65. The number of unbranched alkanes of at least 4 members (excludes halogenated alkanes) is 1. The van der Waals surface area contributed by atoms with Gasteiger partial charge < -0.3 is 24.5 Å². The Hall–Kier alpha value is -2.97. The van der Waals surface area contributed by atoms with Gasteiger partial charge in [-0.05, 0) is 37.2 Å². The first-order valence-electron chi connectivity index (χ1n) is 15.6. The predicted octanol–water partition coefficient (Wildman–Crippen LogP) is 4.19. The summed E-state index contributed by atoms with van der Waals surface area (Å²) in [5.74, 6) is -2.24. The standard InChI is InChI=1S/C34H49N3O5/c1-7-11-21-35(19-8-2)32(41)29-34-18-17-33(10-4,42-34)27(28(34)31(40)37(29)26(23-38)24(5)6)30(39)36(20-9-3)22-25-15-13-12-14-16-25/h8-9,12-16,24,26-29,38H,2-3,7,10-11,17-23H2,1,4-6H3/t26-,27+,28-,29?,33-,34?/m0/s1. The lowest BCUT2D eigenvalue weighted by Crippen LogP contribution is -2.59. The topological polar surface area (TPSA) is 90.4 Å². The van der Waals surface area contributed by atoms with E-state index in [0.29, 0.717) is 45.4 Å². The number of aliphatic hydroxyl groups is 1. The van der Waals surface area contributed by atoms with Crippen molar-refractivity contribution in [3.05, 3.63) is 61.2 Å². The van der Waals surface area contributed by atoms with E-state index >= 15 is 0 Å². The zero-order chi connectivity index (χ0) is 30.7. The molecule has 3 amide bonds.